The summed E-state index contributed by atoms with van der Waals surface area (Å²) < 4.78 is 5.36. The largest absolute Gasteiger partial charge is 0.349 e. The van der Waals surface area contributed by atoms with Gasteiger partial charge in [-0.2, -0.15) is 4.98 Å². The quantitative estimate of drug-likeness (QED) is 0.661. The van der Waals surface area contributed by atoms with Crippen LogP contribution in [-0.4, -0.2) is 41.1 Å². The number of aromatic nitrogens is 2. The van der Waals surface area contributed by atoms with E-state index >= 15 is 0 Å². The molecular formula is C21H31N5O. The third kappa shape index (κ3) is 5.31. The van der Waals surface area contributed by atoms with Crippen LogP contribution in [-0.2, 0) is 18.4 Å². The zero-order valence-corrected chi connectivity index (χ0v) is 16.9. The first-order valence-corrected chi connectivity index (χ1v) is 9.78. The van der Waals surface area contributed by atoms with Gasteiger partial charge in [0.25, 0.3) is 0 Å². The molecule has 2 heterocycles. The molecule has 2 aromatic rings. The van der Waals surface area contributed by atoms with Gasteiger partial charge in [-0.3, -0.25) is 4.99 Å². The summed E-state index contributed by atoms with van der Waals surface area (Å²) in [6.45, 7) is 8.77. The number of likely N-dealkylation sites (tertiary alicyclic amines) is 1. The molecule has 1 aromatic carbocycles. The Labute approximate surface area is 162 Å². The van der Waals surface area contributed by atoms with Gasteiger partial charge in [0.2, 0.25) is 5.89 Å². The van der Waals surface area contributed by atoms with Crippen LogP contribution in [0.3, 0.4) is 0 Å². The fourth-order valence-electron chi connectivity index (χ4n) is 3.42. The van der Waals surface area contributed by atoms with E-state index in [9.17, 15) is 0 Å². The van der Waals surface area contributed by atoms with Gasteiger partial charge in [0.15, 0.2) is 11.8 Å². The van der Waals surface area contributed by atoms with Crippen molar-refractivity contribution in [1.82, 2.24) is 20.4 Å². The van der Waals surface area contributed by atoms with E-state index in [1.807, 2.05) is 7.05 Å². The molecule has 0 bridgehead atoms. The van der Waals surface area contributed by atoms with Gasteiger partial charge in [0.05, 0.1) is 6.54 Å². The summed E-state index contributed by atoms with van der Waals surface area (Å²) in [6.07, 6.45) is 3.54. The molecule has 146 valence electrons. The van der Waals surface area contributed by atoms with E-state index in [0.29, 0.717) is 18.3 Å². The van der Waals surface area contributed by atoms with E-state index < -0.39 is 0 Å². The molecule has 1 N–H and O–H groups in total. The lowest BCUT2D eigenvalue weighted by atomic mass is 9.90. The molecule has 6 heteroatoms. The number of aliphatic imine (C=N–C) groups is 1. The number of hydrogen-bond acceptors (Lipinski definition) is 4. The van der Waals surface area contributed by atoms with Gasteiger partial charge >= 0.3 is 0 Å². The second kappa shape index (κ2) is 8.55. The minimum Gasteiger partial charge on any atom is -0.349 e. The maximum absolute atomic E-state index is 5.36. The Hall–Kier alpha value is -2.37. The van der Waals surface area contributed by atoms with Crippen molar-refractivity contribution in [2.24, 2.45) is 10.9 Å². The van der Waals surface area contributed by atoms with Crippen molar-refractivity contribution in [2.45, 2.75) is 52.0 Å². The van der Waals surface area contributed by atoms with E-state index in [0.717, 1.165) is 25.0 Å². The Morgan fingerprint density at radius 1 is 1.22 bits per heavy atom. The third-order valence-electron chi connectivity index (χ3n) is 5.01. The summed E-state index contributed by atoms with van der Waals surface area (Å²) in [6, 6.07) is 10.8. The van der Waals surface area contributed by atoms with Crippen LogP contribution >= 0.6 is 0 Å². The molecule has 1 saturated heterocycles. The standard InChI is InChI=1S/C21H31N5O/c1-21(2,3)19-24-18(25-27-19)15-23-20(22-4)26-12-10-17(11-13-26)14-16-8-6-5-7-9-16/h5-9,17H,10-15H2,1-4H3,(H,22,23). The van der Waals surface area contributed by atoms with Gasteiger partial charge in [-0.25, -0.2) is 0 Å². The Bertz CT molecular complexity index is 739. The molecule has 0 radical (unpaired) electrons. The zero-order chi connectivity index (χ0) is 19.3. The minimum absolute atomic E-state index is 0.131. The number of guanidine groups is 1. The first-order chi connectivity index (χ1) is 13.0. The SMILES string of the molecule is CN=C(NCc1noc(C(C)(C)C)n1)N1CCC(Cc2ccccc2)CC1. The minimum atomic E-state index is -0.131. The van der Waals surface area contributed by atoms with Crippen molar-refractivity contribution in [1.29, 1.82) is 0 Å². The maximum Gasteiger partial charge on any atom is 0.232 e. The fraction of sp³-hybridized carbons (Fsp3) is 0.571. The van der Waals surface area contributed by atoms with Gasteiger partial charge in [-0.15, -0.1) is 0 Å². The van der Waals surface area contributed by atoms with Gasteiger partial charge in [-0.05, 0) is 30.7 Å². The van der Waals surface area contributed by atoms with Crippen LogP contribution in [0.15, 0.2) is 39.8 Å². The number of piperidine rings is 1. The number of benzene rings is 1. The van der Waals surface area contributed by atoms with Crippen molar-refractivity contribution in [3.63, 3.8) is 0 Å². The number of rotatable bonds is 4. The van der Waals surface area contributed by atoms with Crippen LogP contribution in [0.4, 0.5) is 0 Å². The van der Waals surface area contributed by atoms with E-state index in [1.165, 1.54) is 24.8 Å². The molecule has 0 unspecified atom stereocenters. The van der Waals surface area contributed by atoms with Gasteiger partial charge in [-0.1, -0.05) is 56.3 Å². The average Bonchev–Trinajstić information content (AvgIpc) is 3.14. The van der Waals surface area contributed by atoms with Crippen molar-refractivity contribution < 1.29 is 4.52 Å². The zero-order valence-electron chi connectivity index (χ0n) is 16.9. The highest BCUT2D eigenvalue weighted by Crippen LogP contribution is 2.22. The summed E-state index contributed by atoms with van der Waals surface area (Å²) in [5, 5.41) is 7.45. The summed E-state index contributed by atoms with van der Waals surface area (Å²) >= 11 is 0. The molecule has 6 nitrogen and oxygen atoms in total. The Balaban J connectivity index is 1.48. The molecule has 0 saturated carbocycles. The monoisotopic (exact) mass is 369 g/mol. The molecule has 0 spiro atoms. The number of hydrogen-bond donors (Lipinski definition) is 1. The van der Waals surface area contributed by atoms with Gasteiger partial charge < -0.3 is 14.7 Å². The number of nitrogens with zero attached hydrogens (tertiary/aromatic N) is 4. The summed E-state index contributed by atoms with van der Waals surface area (Å²) in [5.41, 5.74) is 1.30. The smallest absolute Gasteiger partial charge is 0.232 e. The van der Waals surface area contributed by atoms with Crippen molar-refractivity contribution in [3.05, 3.63) is 47.6 Å². The van der Waals surface area contributed by atoms with Crippen molar-refractivity contribution >= 4 is 5.96 Å². The average molecular weight is 370 g/mol. The highest BCUT2D eigenvalue weighted by Gasteiger charge is 2.23. The lowest BCUT2D eigenvalue weighted by molar-refractivity contribution is 0.258. The van der Waals surface area contributed by atoms with Crippen molar-refractivity contribution in [2.75, 3.05) is 20.1 Å². The van der Waals surface area contributed by atoms with E-state index in [4.69, 9.17) is 4.52 Å². The first kappa shape index (κ1) is 19.4. The Morgan fingerprint density at radius 2 is 1.93 bits per heavy atom. The molecule has 1 aliphatic rings. The summed E-state index contributed by atoms with van der Waals surface area (Å²) in [4.78, 5) is 11.2. The van der Waals surface area contributed by atoms with E-state index in [-0.39, 0.29) is 5.41 Å². The van der Waals surface area contributed by atoms with E-state index in [1.54, 1.807) is 0 Å². The van der Waals surface area contributed by atoms with Crippen LogP contribution in [0.1, 0.15) is 50.9 Å². The molecule has 3 rings (SSSR count). The molecule has 1 fully saturated rings. The van der Waals surface area contributed by atoms with E-state index in [2.05, 4.69) is 76.5 Å². The second-order valence-corrected chi connectivity index (χ2v) is 8.29. The first-order valence-electron chi connectivity index (χ1n) is 9.78. The van der Waals surface area contributed by atoms with Crippen LogP contribution in [0.2, 0.25) is 0 Å². The van der Waals surface area contributed by atoms with Crippen LogP contribution in [0.5, 0.6) is 0 Å². The highest BCUT2D eigenvalue weighted by molar-refractivity contribution is 5.79. The van der Waals surface area contributed by atoms with Crippen LogP contribution in [0, 0.1) is 5.92 Å². The molecule has 0 aliphatic carbocycles. The van der Waals surface area contributed by atoms with Crippen LogP contribution in [0.25, 0.3) is 0 Å². The predicted octanol–water partition coefficient (Wildman–Crippen LogP) is 3.40. The maximum atomic E-state index is 5.36. The van der Waals surface area contributed by atoms with Crippen LogP contribution < -0.4 is 5.32 Å². The lowest BCUT2D eigenvalue weighted by Gasteiger charge is -2.34. The van der Waals surface area contributed by atoms with Gasteiger partial charge in [0, 0.05) is 25.6 Å². The highest BCUT2D eigenvalue weighted by atomic mass is 16.5. The predicted molar refractivity (Wildman–Crippen MR) is 108 cm³/mol. The molecule has 1 aliphatic heterocycles. The molecule has 1 aromatic heterocycles. The third-order valence-corrected chi connectivity index (χ3v) is 5.01. The second-order valence-electron chi connectivity index (χ2n) is 8.29. The lowest BCUT2D eigenvalue weighted by Crippen LogP contribution is -2.45. The Morgan fingerprint density at radius 3 is 2.52 bits per heavy atom. The van der Waals surface area contributed by atoms with Crippen molar-refractivity contribution in [3.8, 4) is 0 Å². The summed E-state index contributed by atoms with van der Waals surface area (Å²) in [5.74, 6) is 2.99. The fourth-order valence-corrected chi connectivity index (χ4v) is 3.42. The Kier molecular flexibility index (Phi) is 6.14. The van der Waals surface area contributed by atoms with Gasteiger partial charge in [0.1, 0.15) is 0 Å². The number of nitrogens with one attached hydrogen (secondary N) is 1. The topological polar surface area (TPSA) is 66.5 Å². The normalized spacial score (nSPS) is 16.6. The molecule has 0 amide bonds. The summed E-state index contributed by atoms with van der Waals surface area (Å²) in [7, 11) is 1.83. The molecular weight excluding hydrogens is 338 g/mol. The molecule has 0 atom stereocenters. The molecule has 27 heavy (non-hydrogen) atoms.